The highest BCUT2D eigenvalue weighted by Crippen LogP contribution is 2.43. The topological polar surface area (TPSA) is 70.5 Å². The van der Waals surface area contributed by atoms with Crippen LogP contribution in [0.5, 0.6) is 0 Å². The first-order valence-electron chi connectivity index (χ1n) is 10.6. The van der Waals surface area contributed by atoms with E-state index in [1.165, 1.54) is 40.5 Å². The lowest BCUT2D eigenvalue weighted by Crippen LogP contribution is -2.31. The van der Waals surface area contributed by atoms with E-state index >= 15 is 0 Å². The first-order valence-corrected chi connectivity index (χ1v) is 11.4. The Morgan fingerprint density at radius 3 is 2.24 bits per heavy atom. The molecule has 4 aromatic rings. The maximum absolute atomic E-state index is 13.8. The number of carbonyl (C=O) groups excluding carboxylic acids is 2. The van der Waals surface area contributed by atoms with Crippen molar-refractivity contribution in [1.29, 1.82) is 0 Å². The summed E-state index contributed by atoms with van der Waals surface area (Å²) in [6.07, 6.45) is 0. The summed E-state index contributed by atoms with van der Waals surface area (Å²) >= 11 is 1.22. The number of ketones is 1. The van der Waals surface area contributed by atoms with Gasteiger partial charge in [-0.3, -0.25) is 14.5 Å². The van der Waals surface area contributed by atoms with Gasteiger partial charge in [-0.2, -0.15) is 0 Å². The van der Waals surface area contributed by atoms with Crippen LogP contribution in [-0.2, 0) is 4.79 Å². The van der Waals surface area contributed by atoms with Crippen molar-refractivity contribution in [3.8, 4) is 10.6 Å². The molecule has 1 aliphatic heterocycles. The molecule has 1 amide bonds. The Kier molecular flexibility index (Phi) is 5.55. The monoisotopic (exact) mass is 470 g/mol. The van der Waals surface area contributed by atoms with E-state index in [0.29, 0.717) is 26.8 Å². The molecule has 1 aromatic heterocycles. The molecule has 3 aromatic carbocycles. The van der Waals surface area contributed by atoms with Gasteiger partial charge in [0.15, 0.2) is 5.76 Å². The van der Waals surface area contributed by atoms with E-state index in [2.05, 4.69) is 4.98 Å². The summed E-state index contributed by atoms with van der Waals surface area (Å²) in [4.78, 5) is 33.2. The van der Waals surface area contributed by atoms with Gasteiger partial charge in [0, 0.05) is 11.3 Å². The molecule has 0 radical (unpaired) electrons. The zero-order valence-corrected chi connectivity index (χ0v) is 18.9. The third kappa shape index (κ3) is 3.70. The lowest BCUT2D eigenvalue weighted by Gasteiger charge is -2.26. The van der Waals surface area contributed by atoms with E-state index < -0.39 is 29.3 Å². The van der Waals surface area contributed by atoms with Gasteiger partial charge in [0.05, 0.1) is 22.2 Å². The Morgan fingerprint density at radius 1 is 0.971 bits per heavy atom. The summed E-state index contributed by atoms with van der Waals surface area (Å²) in [5.41, 5.74) is 2.40. The number of anilines is 1. The van der Waals surface area contributed by atoms with Gasteiger partial charge in [0.2, 0.25) is 5.78 Å². The third-order valence-corrected chi connectivity index (χ3v) is 6.90. The number of carbonyl (C=O) groups is 2. The third-order valence-electron chi connectivity index (χ3n) is 5.70. The van der Waals surface area contributed by atoms with E-state index in [1.54, 1.807) is 31.2 Å². The smallest absolute Gasteiger partial charge is 0.294 e. The molecular formula is C27H19FN2O3S. The first kappa shape index (κ1) is 21.7. The van der Waals surface area contributed by atoms with Crippen molar-refractivity contribution in [1.82, 2.24) is 4.98 Å². The molecule has 5 rings (SSSR count). The minimum Gasteiger partial charge on any atom is -0.503 e. The van der Waals surface area contributed by atoms with Crippen molar-refractivity contribution < 1.29 is 19.1 Å². The number of halogens is 1. The molecule has 1 atom stereocenters. The maximum Gasteiger partial charge on any atom is 0.294 e. The van der Waals surface area contributed by atoms with Crippen molar-refractivity contribution in [3.05, 3.63) is 118 Å². The number of hydrogen-bond acceptors (Lipinski definition) is 5. The van der Waals surface area contributed by atoms with Crippen LogP contribution in [0, 0.1) is 12.7 Å². The second kappa shape index (κ2) is 8.68. The van der Waals surface area contributed by atoms with Crippen LogP contribution >= 0.6 is 11.3 Å². The highest BCUT2D eigenvalue weighted by atomic mass is 32.1. The molecule has 1 unspecified atom stereocenters. The SMILES string of the molecule is Cc1nc(-c2ccccc2)sc1C(=O)C1=C(O)C(=O)N(c2ccc(F)cc2)C1c1ccccc1. The highest BCUT2D eigenvalue weighted by Gasteiger charge is 2.45. The number of hydrogen-bond donors (Lipinski definition) is 1. The van der Waals surface area contributed by atoms with E-state index in [4.69, 9.17) is 0 Å². The van der Waals surface area contributed by atoms with E-state index in [9.17, 15) is 19.1 Å². The molecule has 0 fully saturated rings. The molecule has 0 spiro atoms. The fourth-order valence-corrected chi connectivity index (χ4v) is 5.12. The number of rotatable bonds is 5. The van der Waals surface area contributed by atoms with Crippen LogP contribution < -0.4 is 4.90 Å². The van der Waals surface area contributed by atoms with E-state index in [1.807, 2.05) is 36.4 Å². The van der Waals surface area contributed by atoms with Crippen molar-refractivity contribution in [2.45, 2.75) is 13.0 Å². The average Bonchev–Trinajstić information content (AvgIpc) is 3.38. The lowest BCUT2D eigenvalue weighted by atomic mass is 9.95. The predicted octanol–water partition coefficient (Wildman–Crippen LogP) is 6.04. The number of thiazole rings is 1. The zero-order valence-electron chi connectivity index (χ0n) is 18.1. The predicted molar refractivity (Wildman–Crippen MR) is 129 cm³/mol. The second-order valence-electron chi connectivity index (χ2n) is 7.86. The van der Waals surface area contributed by atoms with Crippen LogP contribution in [0.1, 0.15) is 27.0 Å². The molecule has 7 heteroatoms. The fourth-order valence-electron chi connectivity index (χ4n) is 4.09. The molecule has 34 heavy (non-hydrogen) atoms. The second-order valence-corrected chi connectivity index (χ2v) is 8.85. The number of aromatic nitrogens is 1. The van der Waals surface area contributed by atoms with Crippen LogP contribution in [0.15, 0.2) is 96.3 Å². The summed E-state index contributed by atoms with van der Waals surface area (Å²) in [6, 6.07) is 23.0. The normalized spacial score (nSPS) is 15.8. The van der Waals surface area contributed by atoms with Gasteiger partial charge < -0.3 is 5.11 Å². The van der Waals surface area contributed by atoms with Gasteiger partial charge in [0.25, 0.3) is 5.91 Å². The van der Waals surface area contributed by atoms with Crippen LogP contribution in [-0.4, -0.2) is 21.8 Å². The number of benzene rings is 3. The van der Waals surface area contributed by atoms with Crippen LogP contribution in [0.3, 0.4) is 0 Å². The van der Waals surface area contributed by atoms with Gasteiger partial charge in [-0.1, -0.05) is 60.7 Å². The molecular weight excluding hydrogens is 451 g/mol. The van der Waals surface area contributed by atoms with Gasteiger partial charge >= 0.3 is 0 Å². The fraction of sp³-hybridized carbons (Fsp3) is 0.0741. The number of aliphatic hydroxyl groups excluding tert-OH is 1. The number of Topliss-reactive ketones (excluding diaryl/α,β-unsaturated/α-hetero) is 1. The van der Waals surface area contributed by atoms with Crippen molar-refractivity contribution in [3.63, 3.8) is 0 Å². The standard InChI is InChI=1S/C27H19FN2O3S/c1-16-25(34-26(29-16)18-10-6-3-7-11-18)23(31)21-22(17-8-4-2-5-9-17)30(27(33)24(21)32)20-14-12-19(28)13-15-20/h2-15,22,32H,1H3. The Labute approximate surface area is 199 Å². The minimum absolute atomic E-state index is 0.0214. The van der Waals surface area contributed by atoms with E-state index in [0.717, 1.165) is 5.56 Å². The Hall–Kier alpha value is -4.10. The Morgan fingerprint density at radius 2 is 1.59 bits per heavy atom. The molecule has 0 aliphatic carbocycles. The zero-order chi connectivity index (χ0) is 23.8. The Bertz CT molecular complexity index is 1410. The van der Waals surface area contributed by atoms with Gasteiger partial charge in [-0.25, -0.2) is 9.37 Å². The highest BCUT2D eigenvalue weighted by molar-refractivity contribution is 7.17. The van der Waals surface area contributed by atoms with Crippen molar-refractivity contribution in [2.75, 3.05) is 4.90 Å². The van der Waals surface area contributed by atoms with Gasteiger partial charge in [0.1, 0.15) is 10.8 Å². The molecule has 1 aliphatic rings. The van der Waals surface area contributed by atoms with Crippen molar-refractivity contribution >= 4 is 28.7 Å². The largest absolute Gasteiger partial charge is 0.503 e. The molecule has 168 valence electrons. The number of aliphatic hydroxyl groups is 1. The van der Waals surface area contributed by atoms with E-state index in [-0.39, 0.29) is 5.57 Å². The first-order chi connectivity index (χ1) is 16.5. The van der Waals surface area contributed by atoms with Crippen LogP contribution in [0.25, 0.3) is 10.6 Å². The summed E-state index contributed by atoms with van der Waals surface area (Å²) in [6.45, 7) is 1.74. The van der Waals surface area contributed by atoms with Crippen LogP contribution in [0.4, 0.5) is 10.1 Å². The molecule has 0 bridgehead atoms. The molecule has 1 N–H and O–H groups in total. The van der Waals surface area contributed by atoms with Gasteiger partial charge in [-0.05, 0) is 36.8 Å². The average molecular weight is 471 g/mol. The van der Waals surface area contributed by atoms with Gasteiger partial charge in [-0.15, -0.1) is 11.3 Å². The summed E-state index contributed by atoms with van der Waals surface area (Å²) < 4.78 is 13.6. The summed E-state index contributed by atoms with van der Waals surface area (Å²) in [7, 11) is 0. The quantitative estimate of drug-likeness (QED) is 0.361. The van der Waals surface area contributed by atoms with Crippen LogP contribution in [0.2, 0.25) is 0 Å². The summed E-state index contributed by atoms with van der Waals surface area (Å²) in [5.74, 6) is -2.23. The lowest BCUT2D eigenvalue weighted by molar-refractivity contribution is -0.117. The molecule has 2 heterocycles. The number of nitrogens with zero attached hydrogens (tertiary/aromatic N) is 2. The molecule has 0 saturated heterocycles. The van der Waals surface area contributed by atoms with Crippen molar-refractivity contribution in [2.24, 2.45) is 0 Å². The number of aryl methyl sites for hydroxylation is 1. The molecule has 5 nitrogen and oxygen atoms in total. The number of amides is 1. The molecule has 0 saturated carbocycles. The maximum atomic E-state index is 13.8. The summed E-state index contributed by atoms with van der Waals surface area (Å²) in [5, 5.41) is 11.6. The Balaban J connectivity index is 1.62. The minimum atomic E-state index is -0.867.